The van der Waals surface area contributed by atoms with E-state index in [-0.39, 0.29) is 12.5 Å². The number of amides is 1. The highest BCUT2D eigenvalue weighted by molar-refractivity contribution is 6.29. The Morgan fingerprint density at radius 3 is 3.14 bits per heavy atom. The van der Waals surface area contributed by atoms with E-state index in [1.165, 1.54) is 12.6 Å². The quantitative estimate of drug-likeness (QED) is 0.594. The van der Waals surface area contributed by atoms with E-state index in [1.807, 2.05) is 0 Å². The summed E-state index contributed by atoms with van der Waals surface area (Å²) in [5, 5.41) is 12.5. The average Bonchev–Trinajstić information content (AvgIpc) is 2.94. The molecule has 0 radical (unpaired) electrons. The number of nitrogens with one attached hydrogen (secondary N) is 1. The predicted octanol–water partition coefficient (Wildman–Crippen LogP) is 1.70. The van der Waals surface area contributed by atoms with Crippen molar-refractivity contribution < 1.29 is 9.90 Å². The molecule has 1 aromatic rings. The van der Waals surface area contributed by atoms with Crippen LogP contribution >= 0.6 is 11.6 Å². The summed E-state index contributed by atoms with van der Waals surface area (Å²) in [6, 6.07) is 3.54. The van der Waals surface area contributed by atoms with Gasteiger partial charge in [-0.05, 0) is 50.9 Å². The average molecular weight is 312 g/mol. The van der Waals surface area contributed by atoms with Gasteiger partial charge >= 0.3 is 0 Å². The van der Waals surface area contributed by atoms with Crippen LogP contribution < -0.4 is 5.32 Å². The second-order valence-corrected chi connectivity index (χ2v) is 5.73. The molecule has 1 unspecified atom stereocenters. The Kier molecular flexibility index (Phi) is 6.42. The van der Waals surface area contributed by atoms with Gasteiger partial charge in [-0.3, -0.25) is 9.69 Å². The van der Waals surface area contributed by atoms with E-state index in [0.29, 0.717) is 23.3 Å². The number of unbranched alkanes of at least 4 members (excludes halogenated alkanes) is 1. The minimum atomic E-state index is -0.117. The van der Waals surface area contributed by atoms with Crippen LogP contribution in [0.15, 0.2) is 18.3 Å². The molecule has 0 bridgehead atoms. The van der Waals surface area contributed by atoms with Crippen LogP contribution in [-0.4, -0.2) is 53.2 Å². The zero-order chi connectivity index (χ0) is 15.1. The minimum Gasteiger partial charge on any atom is -0.395 e. The number of aliphatic hydroxyl groups is 1. The number of halogens is 1. The van der Waals surface area contributed by atoms with Crippen molar-refractivity contribution in [2.75, 3.05) is 26.2 Å². The molecular formula is C15H22ClN3O2. The molecule has 21 heavy (non-hydrogen) atoms. The maximum absolute atomic E-state index is 11.9. The minimum absolute atomic E-state index is 0.117. The van der Waals surface area contributed by atoms with Crippen LogP contribution in [0.3, 0.4) is 0 Å². The van der Waals surface area contributed by atoms with Gasteiger partial charge in [-0.2, -0.15) is 0 Å². The predicted molar refractivity (Wildman–Crippen MR) is 82.5 cm³/mol. The molecule has 1 atom stereocenters. The van der Waals surface area contributed by atoms with Crippen LogP contribution in [0.4, 0.5) is 0 Å². The number of aromatic nitrogens is 1. The molecule has 2 heterocycles. The van der Waals surface area contributed by atoms with E-state index >= 15 is 0 Å². The van der Waals surface area contributed by atoms with Gasteiger partial charge in [0.05, 0.1) is 6.61 Å². The maximum Gasteiger partial charge on any atom is 0.251 e. The number of hydrogen-bond donors (Lipinski definition) is 2. The summed E-state index contributed by atoms with van der Waals surface area (Å²) in [7, 11) is 0. The van der Waals surface area contributed by atoms with Gasteiger partial charge in [-0.15, -0.1) is 0 Å². The zero-order valence-electron chi connectivity index (χ0n) is 12.1. The number of nitrogens with zero attached hydrogens (tertiary/aromatic N) is 2. The van der Waals surface area contributed by atoms with Crippen LogP contribution in [0.5, 0.6) is 0 Å². The van der Waals surface area contributed by atoms with E-state index in [2.05, 4.69) is 15.2 Å². The fourth-order valence-corrected chi connectivity index (χ4v) is 2.86. The highest BCUT2D eigenvalue weighted by Crippen LogP contribution is 2.16. The van der Waals surface area contributed by atoms with Crippen molar-refractivity contribution in [3.63, 3.8) is 0 Å². The summed E-state index contributed by atoms with van der Waals surface area (Å²) in [6.07, 6.45) is 5.74. The van der Waals surface area contributed by atoms with Gasteiger partial charge in [0.15, 0.2) is 0 Å². The van der Waals surface area contributed by atoms with Crippen LogP contribution in [0.1, 0.15) is 36.0 Å². The van der Waals surface area contributed by atoms with E-state index < -0.39 is 0 Å². The number of likely N-dealkylation sites (tertiary alicyclic amines) is 1. The Labute approximate surface area is 130 Å². The number of pyridine rings is 1. The van der Waals surface area contributed by atoms with Crippen molar-refractivity contribution in [1.82, 2.24) is 15.2 Å². The van der Waals surface area contributed by atoms with Crippen LogP contribution in [-0.2, 0) is 0 Å². The first-order valence-electron chi connectivity index (χ1n) is 7.45. The summed E-state index contributed by atoms with van der Waals surface area (Å²) in [6.45, 7) is 2.96. The largest absolute Gasteiger partial charge is 0.395 e. The molecule has 1 saturated heterocycles. The molecule has 1 aromatic heterocycles. The highest BCUT2D eigenvalue weighted by Gasteiger charge is 2.22. The molecule has 5 nitrogen and oxygen atoms in total. The second-order valence-electron chi connectivity index (χ2n) is 5.34. The molecule has 0 aromatic carbocycles. The molecule has 2 rings (SSSR count). The summed E-state index contributed by atoms with van der Waals surface area (Å²) in [4.78, 5) is 18.1. The number of carbonyl (C=O) groups excluding carboxylic acids is 1. The van der Waals surface area contributed by atoms with Gasteiger partial charge in [-0.25, -0.2) is 4.98 Å². The second kappa shape index (κ2) is 8.32. The van der Waals surface area contributed by atoms with Gasteiger partial charge < -0.3 is 10.4 Å². The maximum atomic E-state index is 11.9. The Balaban J connectivity index is 1.62. The fourth-order valence-electron chi connectivity index (χ4n) is 2.68. The van der Waals surface area contributed by atoms with Crippen LogP contribution in [0, 0.1) is 0 Å². The van der Waals surface area contributed by atoms with E-state index in [9.17, 15) is 9.90 Å². The number of rotatable bonds is 7. The summed E-state index contributed by atoms with van der Waals surface area (Å²) in [5.74, 6) is -0.117. The van der Waals surface area contributed by atoms with Gasteiger partial charge in [-0.1, -0.05) is 11.6 Å². The zero-order valence-corrected chi connectivity index (χ0v) is 12.9. The SMILES string of the molecule is O=C(NCCCCN1CCCC1CO)c1ccnc(Cl)c1. The summed E-state index contributed by atoms with van der Waals surface area (Å²) >= 11 is 5.76. The first kappa shape index (κ1) is 16.2. The van der Waals surface area contributed by atoms with Crippen molar-refractivity contribution >= 4 is 17.5 Å². The lowest BCUT2D eigenvalue weighted by molar-refractivity contribution is 0.0952. The molecule has 1 aliphatic rings. The molecule has 2 N–H and O–H groups in total. The lowest BCUT2D eigenvalue weighted by atomic mass is 10.2. The lowest BCUT2D eigenvalue weighted by Gasteiger charge is -2.22. The molecular weight excluding hydrogens is 290 g/mol. The standard InChI is InChI=1S/C15H22ClN3O2/c16-14-10-12(5-7-17-14)15(21)18-6-1-2-8-19-9-3-4-13(19)11-20/h5,7,10,13,20H,1-4,6,8-9,11H2,(H,18,21). The first-order valence-corrected chi connectivity index (χ1v) is 7.83. The normalized spacial score (nSPS) is 18.9. The Bertz CT molecular complexity index is 470. The summed E-state index contributed by atoms with van der Waals surface area (Å²) < 4.78 is 0. The van der Waals surface area contributed by atoms with E-state index in [4.69, 9.17) is 11.6 Å². The molecule has 6 heteroatoms. The molecule has 0 aliphatic carbocycles. The van der Waals surface area contributed by atoms with Crippen molar-refractivity contribution in [3.8, 4) is 0 Å². The third-order valence-electron chi connectivity index (χ3n) is 3.86. The molecule has 1 amide bonds. The Morgan fingerprint density at radius 2 is 2.38 bits per heavy atom. The van der Waals surface area contributed by atoms with Crippen LogP contribution in [0.25, 0.3) is 0 Å². The van der Waals surface area contributed by atoms with Crippen molar-refractivity contribution in [3.05, 3.63) is 29.0 Å². The van der Waals surface area contributed by atoms with Crippen molar-refractivity contribution in [2.45, 2.75) is 31.7 Å². The lowest BCUT2D eigenvalue weighted by Crippen LogP contribution is -2.33. The Hall–Kier alpha value is -1.17. The monoisotopic (exact) mass is 311 g/mol. The van der Waals surface area contributed by atoms with Crippen molar-refractivity contribution in [2.24, 2.45) is 0 Å². The topological polar surface area (TPSA) is 65.5 Å². The third kappa shape index (κ3) is 4.95. The van der Waals surface area contributed by atoms with E-state index in [1.54, 1.807) is 12.1 Å². The molecule has 1 fully saturated rings. The van der Waals surface area contributed by atoms with Crippen molar-refractivity contribution in [1.29, 1.82) is 0 Å². The van der Waals surface area contributed by atoms with Gasteiger partial charge in [0.2, 0.25) is 0 Å². The number of aliphatic hydroxyl groups excluding tert-OH is 1. The summed E-state index contributed by atoms with van der Waals surface area (Å²) in [5.41, 5.74) is 0.537. The third-order valence-corrected chi connectivity index (χ3v) is 4.06. The highest BCUT2D eigenvalue weighted by atomic mass is 35.5. The molecule has 1 aliphatic heterocycles. The van der Waals surface area contributed by atoms with E-state index in [0.717, 1.165) is 32.4 Å². The Morgan fingerprint density at radius 1 is 1.52 bits per heavy atom. The van der Waals surface area contributed by atoms with Gasteiger partial charge in [0.1, 0.15) is 5.15 Å². The van der Waals surface area contributed by atoms with Gasteiger partial charge in [0.25, 0.3) is 5.91 Å². The van der Waals surface area contributed by atoms with Gasteiger partial charge in [0, 0.05) is 24.3 Å². The smallest absolute Gasteiger partial charge is 0.251 e. The molecule has 116 valence electrons. The fraction of sp³-hybridized carbons (Fsp3) is 0.600. The molecule has 0 spiro atoms. The molecule has 0 saturated carbocycles. The number of carbonyl (C=O) groups is 1. The number of hydrogen-bond acceptors (Lipinski definition) is 4. The van der Waals surface area contributed by atoms with Crippen LogP contribution in [0.2, 0.25) is 5.15 Å². The first-order chi connectivity index (χ1) is 10.2.